The van der Waals surface area contributed by atoms with Gasteiger partial charge in [-0.15, -0.1) is 0 Å². The molecule has 152 valence electrons. The number of benzene rings is 1. The summed E-state index contributed by atoms with van der Waals surface area (Å²) in [6, 6.07) is 4.31. The topological polar surface area (TPSA) is 97.9 Å². The third-order valence-electron chi connectivity index (χ3n) is 5.30. The summed E-state index contributed by atoms with van der Waals surface area (Å²) in [4.78, 5) is 17.2. The molecule has 3 aromatic rings. The molecule has 1 aromatic carbocycles. The number of nitrogens with one attached hydrogen (secondary N) is 2. The van der Waals surface area contributed by atoms with Crippen molar-refractivity contribution in [2.24, 2.45) is 13.0 Å². The highest BCUT2D eigenvalue weighted by Crippen LogP contribution is 2.29. The van der Waals surface area contributed by atoms with Crippen LogP contribution in [0.25, 0.3) is 11.4 Å². The van der Waals surface area contributed by atoms with Gasteiger partial charge in [0.25, 0.3) is 0 Å². The fourth-order valence-corrected chi connectivity index (χ4v) is 3.58. The molecule has 1 aliphatic rings. The summed E-state index contributed by atoms with van der Waals surface area (Å²) >= 11 is 0. The van der Waals surface area contributed by atoms with Crippen molar-refractivity contribution in [2.45, 2.75) is 25.8 Å². The highest BCUT2D eigenvalue weighted by Gasteiger charge is 2.35. The van der Waals surface area contributed by atoms with Crippen LogP contribution < -0.4 is 10.6 Å². The quantitative estimate of drug-likeness (QED) is 0.683. The van der Waals surface area contributed by atoms with Crippen molar-refractivity contribution in [2.75, 3.05) is 13.1 Å². The smallest absolute Gasteiger partial charge is 0.249 e. The Morgan fingerprint density at radius 1 is 1.41 bits per heavy atom. The van der Waals surface area contributed by atoms with Crippen molar-refractivity contribution in [1.82, 2.24) is 30.6 Å². The first-order valence-electron chi connectivity index (χ1n) is 9.52. The SMILES string of the molecule is Cc1ccc(-c2noc(C(C)NC(=O)[C@H]3CNC[C@@H]3c3cnn(C)c3)n2)cc1F. The lowest BCUT2D eigenvalue weighted by atomic mass is 9.90. The maximum Gasteiger partial charge on any atom is 0.249 e. The maximum absolute atomic E-state index is 13.8. The van der Waals surface area contributed by atoms with Gasteiger partial charge in [-0.1, -0.05) is 17.3 Å². The molecule has 1 amide bonds. The third kappa shape index (κ3) is 3.91. The highest BCUT2D eigenvalue weighted by molar-refractivity contribution is 5.80. The van der Waals surface area contributed by atoms with E-state index in [0.29, 0.717) is 17.7 Å². The van der Waals surface area contributed by atoms with Gasteiger partial charge in [0.1, 0.15) is 11.9 Å². The van der Waals surface area contributed by atoms with Gasteiger partial charge >= 0.3 is 0 Å². The molecule has 4 rings (SSSR count). The number of aryl methyl sites for hydroxylation is 2. The minimum atomic E-state index is -0.464. The standard InChI is InChI=1S/C20H23FN6O2/c1-11-4-5-13(6-17(11)21)18-25-20(29-26-18)12(2)24-19(28)16-9-22-8-15(16)14-7-23-27(3)10-14/h4-7,10,12,15-16,22H,8-9H2,1-3H3,(H,24,28)/t12?,15-,16+/m1/s1. The van der Waals surface area contributed by atoms with Gasteiger partial charge in [0.15, 0.2) is 0 Å². The van der Waals surface area contributed by atoms with Crippen LogP contribution >= 0.6 is 0 Å². The average Bonchev–Trinajstić information content (AvgIpc) is 3.43. The Hall–Kier alpha value is -3.07. The monoisotopic (exact) mass is 398 g/mol. The second kappa shape index (κ2) is 7.75. The van der Waals surface area contributed by atoms with Crippen LogP contribution in [-0.4, -0.2) is 38.9 Å². The van der Waals surface area contributed by atoms with Crippen LogP contribution in [0.1, 0.15) is 35.9 Å². The molecule has 1 unspecified atom stereocenters. The Labute approximate surface area is 167 Å². The number of hydrogen-bond donors (Lipinski definition) is 2. The Bertz CT molecular complexity index is 1030. The number of nitrogens with zero attached hydrogens (tertiary/aromatic N) is 4. The Balaban J connectivity index is 1.45. The molecule has 2 aromatic heterocycles. The molecule has 0 saturated carbocycles. The molecule has 1 saturated heterocycles. The van der Waals surface area contributed by atoms with E-state index in [1.54, 1.807) is 36.9 Å². The fourth-order valence-electron chi connectivity index (χ4n) is 3.58. The Morgan fingerprint density at radius 2 is 2.24 bits per heavy atom. The van der Waals surface area contributed by atoms with E-state index in [1.807, 2.05) is 13.2 Å². The normalized spacial score (nSPS) is 20.0. The molecular formula is C20H23FN6O2. The molecule has 8 nitrogen and oxygen atoms in total. The van der Waals surface area contributed by atoms with E-state index in [1.165, 1.54) is 6.07 Å². The summed E-state index contributed by atoms with van der Waals surface area (Å²) in [6.07, 6.45) is 3.73. The van der Waals surface area contributed by atoms with Crippen LogP contribution in [0.2, 0.25) is 0 Å². The van der Waals surface area contributed by atoms with Crippen molar-refractivity contribution in [3.8, 4) is 11.4 Å². The predicted octanol–water partition coefficient (Wildman–Crippen LogP) is 2.10. The summed E-state index contributed by atoms with van der Waals surface area (Å²) in [5, 5.41) is 14.4. The van der Waals surface area contributed by atoms with Crippen LogP contribution in [-0.2, 0) is 11.8 Å². The average molecular weight is 398 g/mol. The summed E-state index contributed by atoms with van der Waals surface area (Å²) in [5.41, 5.74) is 2.11. The van der Waals surface area contributed by atoms with Gasteiger partial charge in [0.05, 0.1) is 12.1 Å². The highest BCUT2D eigenvalue weighted by atomic mass is 19.1. The van der Waals surface area contributed by atoms with Crippen molar-refractivity contribution < 1.29 is 13.7 Å². The first-order chi connectivity index (χ1) is 13.9. The van der Waals surface area contributed by atoms with Crippen LogP contribution in [0.4, 0.5) is 4.39 Å². The van der Waals surface area contributed by atoms with Gasteiger partial charge in [-0.25, -0.2) is 4.39 Å². The van der Waals surface area contributed by atoms with Crippen LogP contribution in [0.3, 0.4) is 0 Å². The van der Waals surface area contributed by atoms with Gasteiger partial charge in [0.2, 0.25) is 17.6 Å². The molecule has 2 N–H and O–H groups in total. The minimum absolute atomic E-state index is 0.0599. The van der Waals surface area contributed by atoms with Crippen molar-refractivity contribution in [3.05, 3.63) is 53.4 Å². The summed E-state index contributed by atoms with van der Waals surface area (Å²) in [6.45, 7) is 4.79. The molecule has 1 aliphatic heterocycles. The zero-order valence-corrected chi connectivity index (χ0v) is 16.5. The Morgan fingerprint density at radius 3 is 2.97 bits per heavy atom. The zero-order chi connectivity index (χ0) is 20.5. The molecule has 0 bridgehead atoms. The molecule has 3 heterocycles. The molecule has 0 aliphatic carbocycles. The van der Waals surface area contributed by atoms with Gasteiger partial charge in [-0.2, -0.15) is 10.1 Å². The Kier molecular flexibility index (Phi) is 5.14. The van der Waals surface area contributed by atoms with Crippen LogP contribution in [0.15, 0.2) is 35.1 Å². The van der Waals surface area contributed by atoms with Gasteiger partial charge in [0, 0.05) is 37.8 Å². The molecule has 29 heavy (non-hydrogen) atoms. The third-order valence-corrected chi connectivity index (χ3v) is 5.30. The predicted molar refractivity (Wildman–Crippen MR) is 103 cm³/mol. The molecule has 0 radical (unpaired) electrons. The van der Waals surface area contributed by atoms with E-state index < -0.39 is 6.04 Å². The minimum Gasteiger partial charge on any atom is -0.344 e. The van der Waals surface area contributed by atoms with Crippen LogP contribution in [0, 0.1) is 18.7 Å². The number of hydrogen-bond acceptors (Lipinski definition) is 6. The summed E-state index contributed by atoms with van der Waals surface area (Å²) in [7, 11) is 1.86. The summed E-state index contributed by atoms with van der Waals surface area (Å²) < 4.78 is 20.8. The van der Waals surface area contributed by atoms with Crippen LogP contribution in [0.5, 0.6) is 0 Å². The van der Waals surface area contributed by atoms with E-state index in [0.717, 1.165) is 12.1 Å². The fraction of sp³-hybridized carbons (Fsp3) is 0.400. The van der Waals surface area contributed by atoms with E-state index in [9.17, 15) is 9.18 Å². The number of amides is 1. The lowest BCUT2D eigenvalue weighted by Crippen LogP contribution is -2.36. The number of rotatable bonds is 5. The maximum atomic E-state index is 13.8. The first kappa shape index (κ1) is 19.3. The van der Waals surface area contributed by atoms with E-state index >= 15 is 0 Å². The second-order valence-electron chi connectivity index (χ2n) is 7.47. The first-order valence-corrected chi connectivity index (χ1v) is 9.52. The lowest BCUT2D eigenvalue weighted by molar-refractivity contribution is -0.125. The number of carbonyl (C=O) groups is 1. The molecule has 1 fully saturated rings. The van der Waals surface area contributed by atoms with E-state index in [-0.39, 0.29) is 35.3 Å². The number of aromatic nitrogens is 4. The molecule has 9 heteroatoms. The van der Waals surface area contributed by atoms with Gasteiger partial charge in [-0.3, -0.25) is 9.48 Å². The summed E-state index contributed by atoms with van der Waals surface area (Å²) in [5.74, 6) is -0.00300. The zero-order valence-electron chi connectivity index (χ0n) is 16.5. The van der Waals surface area contributed by atoms with Gasteiger partial charge in [-0.05, 0) is 31.0 Å². The van der Waals surface area contributed by atoms with Gasteiger partial charge < -0.3 is 15.2 Å². The van der Waals surface area contributed by atoms with Crippen molar-refractivity contribution >= 4 is 5.91 Å². The number of halogens is 1. The lowest BCUT2D eigenvalue weighted by Gasteiger charge is -2.18. The molecular weight excluding hydrogens is 375 g/mol. The number of carbonyl (C=O) groups excluding carboxylic acids is 1. The molecule has 0 spiro atoms. The largest absolute Gasteiger partial charge is 0.344 e. The van der Waals surface area contributed by atoms with E-state index in [2.05, 4.69) is 25.9 Å². The van der Waals surface area contributed by atoms with E-state index in [4.69, 9.17) is 4.52 Å². The molecule has 3 atom stereocenters. The van der Waals surface area contributed by atoms with Crippen molar-refractivity contribution in [3.63, 3.8) is 0 Å². The second-order valence-corrected chi connectivity index (χ2v) is 7.47. The van der Waals surface area contributed by atoms with Crippen molar-refractivity contribution in [1.29, 1.82) is 0 Å².